The average Bonchev–Trinajstić information content (AvgIpc) is 2.62. The Balaban J connectivity index is 0.000000696. The van der Waals surface area contributed by atoms with Crippen LogP contribution < -0.4 is 4.74 Å². The van der Waals surface area contributed by atoms with Gasteiger partial charge in [-0.2, -0.15) is 0 Å². The Kier molecular flexibility index (Phi) is 11.7. The fraction of sp³-hybridized carbons (Fsp3) is 0.429. The molecule has 2 rings (SSSR count). The van der Waals surface area contributed by atoms with Gasteiger partial charge < -0.3 is 24.2 Å². The Morgan fingerprint density at radius 2 is 1.61 bits per heavy atom. The third-order valence-corrected chi connectivity index (χ3v) is 3.84. The molecular formula is C21H31O6P. The summed E-state index contributed by atoms with van der Waals surface area (Å²) < 4.78 is 20.7. The summed E-state index contributed by atoms with van der Waals surface area (Å²) in [6.45, 7) is 5.95. The number of hydrogen-bond donors (Lipinski definition) is 3. The van der Waals surface area contributed by atoms with E-state index in [1.807, 2.05) is 30.3 Å². The van der Waals surface area contributed by atoms with Crippen molar-refractivity contribution in [3.63, 3.8) is 0 Å². The van der Waals surface area contributed by atoms with Crippen molar-refractivity contribution in [1.29, 1.82) is 0 Å². The number of unbranched alkanes of at least 4 members (excludes halogenated alkanes) is 3. The first kappa shape index (κ1) is 24.3. The van der Waals surface area contributed by atoms with E-state index in [-0.39, 0.29) is 0 Å². The van der Waals surface area contributed by atoms with Gasteiger partial charge >= 0.3 is 7.82 Å². The fourth-order valence-corrected chi connectivity index (χ4v) is 2.53. The number of rotatable bonds is 10. The van der Waals surface area contributed by atoms with E-state index in [0.29, 0.717) is 0 Å². The molecule has 2 aromatic rings. The Bertz CT molecular complexity index is 706. The van der Waals surface area contributed by atoms with E-state index >= 15 is 0 Å². The molecule has 0 fully saturated rings. The van der Waals surface area contributed by atoms with Gasteiger partial charge in [0.15, 0.2) is 0 Å². The van der Waals surface area contributed by atoms with Gasteiger partial charge in [-0.1, -0.05) is 62.1 Å². The molecule has 0 saturated heterocycles. The minimum atomic E-state index is -4.64. The van der Waals surface area contributed by atoms with Gasteiger partial charge in [0.1, 0.15) is 11.5 Å². The van der Waals surface area contributed by atoms with Crippen LogP contribution in [0.4, 0.5) is 0 Å². The van der Waals surface area contributed by atoms with Gasteiger partial charge in [-0.25, -0.2) is 4.57 Å². The molecule has 0 heterocycles. The maximum atomic E-state index is 8.88. The minimum Gasteiger partial charge on any atom is -0.457 e. The third-order valence-electron chi connectivity index (χ3n) is 3.84. The number of ether oxygens (including phenoxy) is 2. The normalized spacial score (nSPS) is 10.9. The van der Waals surface area contributed by atoms with Crippen molar-refractivity contribution in [2.45, 2.75) is 46.0 Å². The summed E-state index contributed by atoms with van der Waals surface area (Å²) in [5.41, 5.74) is 2.46. The highest BCUT2D eigenvalue weighted by molar-refractivity contribution is 7.45. The predicted molar refractivity (Wildman–Crippen MR) is 111 cm³/mol. The highest BCUT2D eigenvalue weighted by Crippen LogP contribution is 2.27. The van der Waals surface area contributed by atoms with Crippen LogP contribution in [0.25, 0.3) is 0 Å². The van der Waals surface area contributed by atoms with Crippen LogP contribution in [0.5, 0.6) is 11.5 Å². The topological polar surface area (TPSA) is 96.2 Å². The monoisotopic (exact) mass is 410 g/mol. The van der Waals surface area contributed by atoms with Crippen LogP contribution in [0.15, 0.2) is 48.5 Å². The van der Waals surface area contributed by atoms with E-state index in [2.05, 4.69) is 32.0 Å². The molecule has 0 amide bonds. The zero-order valence-electron chi connectivity index (χ0n) is 16.6. The van der Waals surface area contributed by atoms with E-state index in [9.17, 15) is 0 Å². The maximum absolute atomic E-state index is 8.88. The van der Waals surface area contributed by atoms with Crippen LogP contribution >= 0.6 is 7.82 Å². The van der Waals surface area contributed by atoms with Crippen molar-refractivity contribution in [1.82, 2.24) is 0 Å². The van der Waals surface area contributed by atoms with Gasteiger partial charge in [-0.15, -0.1) is 0 Å². The summed E-state index contributed by atoms with van der Waals surface area (Å²) in [6.07, 6.45) is 5.88. The van der Waals surface area contributed by atoms with Gasteiger partial charge in [0.25, 0.3) is 0 Å². The van der Waals surface area contributed by atoms with E-state index in [1.54, 1.807) is 0 Å². The van der Waals surface area contributed by atoms with Crippen molar-refractivity contribution in [2.75, 3.05) is 13.2 Å². The largest absolute Gasteiger partial charge is 0.466 e. The Morgan fingerprint density at radius 1 is 0.929 bits per heavy atom. The minimum absolute atomic E-state index is 0.751. The zero-order chi connectivity index (χ0) is 20.8. The van der Waals surface area contributed by atoms with Crippen molar-refractivity contribution in [2.24, 2.45) is 0 Å². The SMILES string of the molecule is CCCCCCOCCc1cc(C)ccc1Oc1ccccc1.O=P(O)(O)O. The number of hydrogen-bond acceptors (Lipinski definition) is 3. The summed E-state index contributed by atoms with van der Waals surface area (Å²) in [4.78, 5) is 21.6. The van der Waals surface area contributed by atoms with Crippen LogP contribution in [0.1, 0.15) is 43.7 Å². The molecule has 6 nitrogen and oxygen atoms in total. The maximum Gasteiger partial charge on any atom is 0.466 e. The van der Waals surface area contributed by atoms with Gasteiger partial charge in [-0.05, 0) is 43.5 Å². The molecule has 28 heavy (non-hydrogen) atoms. The van der Waals surface area contributed by atoms with Crippen molar-refractivity contribution < 1.29 is 28.7 Å². The second-order valence-corrected chi connectivity index (χ2v) is 7.49. The summed E-state index contributed by atoms with van der Waals surface area (Å²) >= 11 is 0. The smallest absolute Gasteiger partial charge is 0.457 e. The molecule has 0 atom stereocenters. The van der Waals surface area contributed by atoms with E-state index < -0.39 is 7.82 Å². The lowest BCUT2D eigenvalue weighted by molar-refractivity contribution is 0.132. The summed E-state index contributed by atoms with van der Waals surface area (Å²) in [5.74, 6) is 1.80. The van der Waals surface area contributed by atoms with Gasteiger partial charge in [0.2, 0.25) is 0 Å². The first-order valence-electron chi connectivity index (χ1n) is 9.48. The molecule has 0 aliphatic heterocycles. The number of phosphoric acid groups is 1. The number of aryl methyl sites for hydroxylation is 1. The van der Waals surface area contributed by atoms with Crippen LogP contribution in [0.2, 0.25) is 0 Å². The van der Waals surface area contributed by atoms with Crippen LogP contribution in [0, 0.1) is 6.92 Å². The highest BCUT2D eigenvalue weighted by Gasteiger charge is 2.06. The van der Waals surface area contributed by atoms with E-state index in [1.165, 1.54) is 30.4 Å². The molecule has 3 N–H and O–H groups in total. The molecule has 0 aliphatic rings. The summed E-state index contributed by atoms with van der Waals surface area (Å²) in [5, 5.41) is 0. The fourth-order valence-electron chi connectivity index (χ4n) is 2.53. The molecular weight excluding hydrogens is 379 g/mol. The van der Waals surface area contributed by atoms with Crippen molar-refractivity contribution >= 4 is 7.82 Å². The Labute approximate surface area is 167 Å². The average molecular weight is 410 g/mol. The van der Waals surface area contributed by atoms with Crippen molar-refractivity contribution in [3.8, 4) is 11.5 Å². The standard InChI is InChI=1S/C21H28O2.H3O4P/c1-3-4-5-9-15-22-16-14-19-17-18(2)12-13-21(19)23-20-10-7-6-8-11-20;1-5(2,3)4/h6-8,10-13,17H,3-5,9,14-16H2,1-2H3;(H3,1,2,3,4). The second-order valence-electron chi connectivity index (χ2n) is 6.46. The number of benzene rings is 2. The highest BCUT2D eigenvalue weighted by atomic mass is 31.2. The molecule has 0 unspecified atom stereocenters. The van der Waals surface area contributed by atoms with Gasteiger partial charge in [0, 0.05) is 6.61 Å². The quantitative estimate of drug-likeness (QED) is 0.377. The first-order valence-corrected chi connectivity index (χ1v) is 11.0. The molecule has 0 bridgehead atoms. The lowest BCUT2D eigenvalue weighted by atomic mass is 10.1. The lowest BCUT2D eigenvalue weighted by Gasteiger charge is -2.12. The zero-order valence-corrected chi connectivity index (χ0v) is 17.5. The van der Waals surface area contributed by atoms with E-state index in [4.69, 9.17) is 28.7 Å². The Hall–Kier alpha value is -1.69. The van der Waals surface area contributed by atoms with Gasteiger partial charge in [-0.3, -0.25) is 0 Å². The molecule has 156 valence electrons. The summed E-state index contributed by atoms with van der Waals surface area (Å²) in [6, 6.07) is 16.3. The number of para-hydroxylation sites is 1. The molecule has 2 aromatic carbocycles. The molecule has 0 aliphatic carbocycles. The van der Waals surface area contributed by atoms with Crippen LogP contribution in [-0.4, -0.2) is 27.9 Å². The molecule has 0 aromatic heterocycles. The molecule has 0 spiro atoms. The van der Waals surface area contributed by atoms with Gasteiger partial charge in [0.05, 0.1) is 6.61 Å². The predicted octanol–water partition coefficient (Wildman–Crippen LogP) is 5.00. The van der Waals surface area contributed by atoms with Crippen LogP contribution in [0.3, 0.4) is 0 Å². The Morgan fingerprint density at radius 3 is 2.25 bits per heavy atom. The molecule has 0 saturated carbocycles. The first-order chi connectivity index (χ1) is 13.3. The summed E-state index contributed by atoms with van der Waals surface area (Å²) in [7, 11) is -4.64. The molecule has 7 heteroatoms. The third kappa shape index (κ3) is 12.7. The molecule has 0 radical (unpaired) electrons. The second kappa shape index (κ2) is 13.5. The lowest BCUT2D eigenvalue weighted by Crippen LogP contribution is -2.02. The van der Waals surface area contributed by atoms with Crippen molar-refractivity contribution in [3.05, 3.63) is 59.7 Å². The van der Waals surface area contributed by atoms with Crippen LogP contribution in [-0.2, 0) is 15.7 Å². The van der Waals surface area contributed by atoms with E-state index in [0.717, 1.165) is 37.6 Å².